The van der Waals surface area contributed by atoms with Crippen LogP contribution in [0.5, 0.6) is 5.75 Å². The monoisotopic (exact) mass is 465 g/mol. The van der Waals surface area contributed by atoms with Crippen LogP contribution in [-0.2, 0) is 28.7 Å². The lowest BCUT2D eigenvalue weighted by Gasteiger charge is -2.25. The molecule has 1 aromatic heterocycles. The Morgan fingerprint density at radius 2 is 1.91 bits per heavy atom. The standard InChI is InChI=1S/C24H23F4NO4/c25-23-18-12-16(2-4-20(18)29-21(23)5-6-22(30)31)33-13-14-1-3-17(15-7-9-32-10-8-15)19(11-14)24(26,27)28/h1-4,11-12,15,29H,5-10,13H2,(H,30,31). The fourth-order valence-electron chi connectivity index (χ4n) is 4.16. The Kier molecular flexibility index (Phi) is 6.60. The van der Waals surface area contributed by atoms with Crippen molar-refractivity contribution in [2.75, 3.05) is 13.2 Å². The van der Waals surface area contributed by atoms with E-state index in [2.05, 4.69) is 4.98 Å². The third kappa shape index (κ3) is 5.30. The van der Waals surface area contributed by atoms with Gasteiger partial charge in [-0.05, 0) is 54.2 Å². The molecule has 0 amide bonds. The van der Waals surface area contributed by atoms with Crippen molar-refractivity contribution in [1.82, 2.24) is 4.98 Å². The largest absolute Gasteiger partial charge is 0.489 e. The number of nitrogens with one attached hydrogen (secondary N) is 1. The number of alkyl halides is 3. The van der Waals surface area contributed by atoms with E-state index in [0.29, 0.717) is 42.9 Å². The van der Waals surface area contributed by atoms with Gasteiger partial charge in [0.15, 0.2) is 5.82 Å². The number of hydrogen-bond donors (Lipinski definition) is 2. The Morgan fingerprint density at radius 3 is 2.61 bits per heavy atom. The molecule has 3 aromatic rings. The lowest BCUT2D eigenvalue weighted by molar-refractivity contribution is -0.139. The quantitative estimate of drug-likeness (QED) is 0.432. The van der Waals surface area contributed by atoms with Crippen LogP contribution in [0.3, 0.4) is 0 Å². The molecule has 2 heterocycles. The number of benzene rings is 2. The van der Waals surface area contributed by atoms with E-state index in [-0.39, 0.29) is 42.0 Å². The summed E-state index contributed by atoms with van der Waals surface area (Å²) in [6, 6.07) is 8.88. The molecule has 0 bridgehead atoms. The van der Waals surface area contributed by atoms with Crippen LogP contribution < -0.4 is 4.74 Å². The molecule has 1 fully saturated rings. The number of H-pyrrole nitrogens is 1. The second-order valence-corrected chi connectivity index (χ2v) is 8.11. The van der Waals surface area contributed by atoms with Crippen LogP contribution in [0.25, 0.3) is 10.9 Å². The summed E-state index contributed by atoms with van der Waals surface area (Å²) in [6.07, 6.45) is -3.57. The predicted octanol–water partition coefficient (Wildman–Crippen LogP) is 5.82. The van der Waals surface area contributed by atoms with Crippen LogP contribution in [0, 0.1) is 5.82 Å². The number of hydrogen-bond acceptors (Lipinski definition) is 3. The van der Waals surface area contributed by atoms with Gasteiger partial charge in [-0.25, -0.2) is 4.39 Å². The first-order valence-corrected chi connectivity index (χ1v) is 10.6. The van der Waals surface area contributed by atoms with E-state index < -0.39 is 23.5 Å². The summed E-state index contributed by atoms with van der Waals surface area (Å²) >= 11 is 0. The Balaban J connectivity index is 1.52. The number of halogens is 4. The number of aromatic nitrogens is 1. The molecule has 0 unspecified atom stereocenters. The molecule has 2 N–H and O–H groups in total. The fraction of sp³-hybridized carbons (Fsp3) is 0.375. The average molecular weight is 465 g/mol. The zero-order chi connectivity index (χ0) is 23.6. The molecule has 4 rings (SSSR count). The summed E-state index contributed by atoms with van der Waals surface area (Å²) in [4.78, 5) is 13.6. The predicted molar refractivity (Wildman–Crippen MR) is 113 cm³/mol. The Hall–Kier alpha value is -3.07. The number of rotatable bonds is 7. The van der Waals surface area contributed by atoms with Crippen molar-refractivity contribution >= 4 is 16.9 Å². The highest BCUT2D eigenvalue weighted by molar-refractivity contribution is 5.83. The zero-order valence-corrected chi connectivity index (χ0v) is 17.7. The van der Waals surface area contributed by atoms with Gasteiger partial charge in [0.25, 0.3) is 0 Å². The fourth-order valence-corrected chi connectivity index (χ4v) is 4.16. The molecule has 1 aliphatic rings. The second-order valence-electron chi connectivity index (χ2n) is 8.11. The molecule has 176 valence electrons. The molecule has 9 heteroatoms. The molecule has 0 aliphatic carbocycles. The van der Waals surface area contributed by atoms with E-state index in [1.807, 2.05) is 0 Å². The Morgan fingerprint density at radius 1 is 1.15 bits per heavy atom. The van der Waals surface area contributed by atoms with Gasteiger partial charge in [-0.3, -0.25) is 4.79 Å². The number of ether oxygens (including phenoxy) is 2. The summed E-state index contributed by atoms with van der Waals surface area (Å²) in [5.41, 5.74) is 0.642. The second kappa shape index (κ2) is 9.43. The van der Waals surface area contributed by atoms with E-state index >= 15 is 0 Å². The van der Waals surface area contributed by atoms with Gasteiger partial charge in [0, 0.05) is 30.5 Å². The minimum absolute atomic E-state index is 0.0196. The van der Waals surface area contributed by atoms with Crippen molar-refractivity contribution < 1.29 is 36.9 Å². The van der Waals surface area contributed by atoms with E-state index in [4.69, 9.17) is 14.6 Å². The van der Waals surface area contributed by atoms with Crippen LogP contribution in [0.4, 0.5) is 17.6 Å². The minimum Gasteiger partial charge on any atom is -0.489 e. The molecule has 2 aromatic carbocycles. The number of aliphatic carboxylic acids is 1. The first-order valence-electron chi connectivity index (χ1n) is 10.6. The third-order valence-electron chi connectivity index (χ3n) is 5.86. The molecule has 0 saturated carbocycles. The molecular formula is C24H23F4NO4. The maximum atomic E-state index is 14.6. The summed E-state index contributed by atoms with van der Waals surface area (Å²) in [5, 5.41) is 9.03. The number of carboxylic acid groups (broad SMARTS) is 1. The average Bonchev–Trinajstić information content (AvgIpc) is 3.11. The lowest BCUT2D eigenvalue weighted by Crippen LogP contribution is -2.19. The van der Waals surface area contributed by atoms with Crippen LogP contribution in [0.15, 0.2) is 36.4 Å². The van der Waals surface area contributed by atoms with Crippen LogP contribution in [0.1, 0.15) is 47.6 Å². The summed E-state index contributed by atoms with van der Waals surface area (Å²) in [5.74, 6) is -1.48. The molecule has 33 heavy (non-hydrogen) atoms. The van der Waals surface area contributed by atoms with Gasteiger partial charge in [-0.2, -0.15) is 13.2 Å². The van der Waals surface area contributed by atoms with Gasteiger partial charge in [0.05, 0.1) is 17.7 Å². The highest BCUT2D eigenvalue weighted by atomic mass is 19.4. The van der Waals surface area contributed by atoms with Gasteiger partial charge < -0.3 is 19.6 Å². The summed E-state index contributed by atoms with van der Waals surface area (Å²) in [7, 11) is 0. The van der Waals surface area contributed by atoms with Crippen molar-refractivity contribution in [2.24, 2.45) is 0 Å². The minimum atomic E-state index is -4.48. The number of carboxylic acids is 1. The molecule has 0 spiro atoms. The van der Waals surface area contributed by atoms with Gasteiger partial charge in [0.2, 0.25) is 0 Å². The highest BCUT2D eigenvalue weighted by Gasteiger charge is 2.36. The summed E-state index contributed by atoms with van der Waals surface area (Å²) in [6.45, 7) is 0.784. The Bertz CT molecular complexity index is 1150. The van der Waals surface area contributed by atoms with E-state index in [0.717, 1.165) is 6.07 Å². The molecule has 1 aliphatic heterocycles. The van der Waals surface area contributed by atoms with Crippen molar-refractivity contribution in [1.29, 1.82) is 0 Å². The number of aryl methyl sites for hydroxylation is 1. The van der Waals surface area contributed by atoms with Crippen molar-refractivity contribution in [3.8, 4) is 5.75 Å². The maximum absolute atomic E-state index is 14.6. The molecule has 0 radical (unpaired) electrons. The van der Waals surface area contributed by atoms with Crippen LogP contribution >= 0.6 is 0 Å². The van der Waals surface area contributed by atoms with Crippen molar-refractivity contribution in [3.05, 3.63) is 64.6 Å². The third-order valence-corrected chi connectivity index (χ3v) is 5.86. The first-order chi connectivity index (χ1) is 15.7. The van der Waals surface area contributed by atoms with Crippen LogP contribution in [0.2, 0.25) is 0 Å². The Labute approximate surface area is 187 Å². The zero-order valence-electron chi connectivity index (χ0n) is 17.7. The van der Waals surface area contributed by atoms with E-state index in [1.54, 1.807) is 18.2 Å². The summed E-state index contributed by atoms with van der Waals surface area (Å²) < 4.78 is 66.7. The van der Waals surface area contributed by atoms with Crippen molar-refractivity contribution in [3.63, 3.8) is 0 Å². The van der Waals surface area contributed by atoms with Gasteiger partial charge in [-0.1, -0.05) is 12.1 Å². The van der Waals surface area contributed by atoms with Gasteiger partial charge in [-0.15, -0.1) is 0 Å². The number of carbonyl (C=O) groups is 1. The molecule has 0 atom stereocenters. The lowest BCUT2D eigenvalue weighted by atomic mass is 9.87. The molecule has 1 saturated heterocycles. The van der Waals surface area contributed by atoms with Crippen LogP contribution in [-0.4, -0.2) is 29.3 Å². The number of aromatic amines is 1. The van der Waals surface area contributed by atoms with Crippen molar-refractivity contribution in [2.45, 2.75) is 44.4 Å². The van der Waals surface area contributed by atoms with E-state index in [9.17, 15) is 22.4 Å². The number of fused-ring (bicyclic) bond motifs is 1. The highest BCUT2D eigenvalue weighted by Crippen LogP contribution is 2.39. The van der Waals surface area contributed by atoms with Gasteiger partial charge in [0.1, 0.15) is 12.4 Å². The molecule has 5 nitrogen and oxygen atoms in total. The maximum Gasteiger partial charge on any atom is 0.416 e. The smallest absolute Gasteiger partial charge is 0.416 e. The normalized spacial score (nSPS) is 15.2. The van der Waals surface area contributed by atoms with E-state index in [1.165, 1.54) is 12.1 Å². The SMILES string of the molecule is O=C(O)CCc1[nH]c2ccc(OCc3ccc(C4CCOCC4)c(C(F)(F)F)c3)cc2c1F. The topological polar surface area (TPSA) is 71.5 Å². The first kappa shape index (κ1) is 23.1. The molecular weight excluding hydrogens is 442 g/mol. The van der Waals surface area contributed by atoms with Gasteiger partial charge >= 0.3 is 12.1 Å².